The second-order valence-electron chi connectivity index (χ2n) is 5.84. The SMILES string of the molecule is O=C(Cn1ccc2ccccc21)NCc1ccc(-c2ccoc2)nc1. The summed E-state index contributed by atoms with van der Waals surface area (Å²) in [5.41, 5.74) is 3.81. The van der Waals surface area contributed by atoms with Gasteiger partial charge in [-0.3, -0.25) is 9.78 Å². The van der Waals surface area contributed by atoms with E-state index in [0.717, 1.165) is 27.7 Å². The van der Waals surface area contributed by atoms with E-state index in [1.54, 1.807) is 18.7 Å². The summed E-state index contributed by atoms with van der Waals surface area (Å²) in [7, 11) is 0. The van der Waals surface area contributed by atoms with E-state index < -0.39 is 0 Å². The number of para-hydroxylation sites is 1. The van der Waals surface area contributed by atoms with E-state index in [9.17, 15) is 4.79 Å². The molecule has 5 nitrogen and oxygen atoms in total. The number of amides is 1. The summed E-state index contributed by atoms with van der Waals surface area (Å²) >= 11 is 0. The van der Waals surface area contributed by atoms with Crippen LogP contribution in [-0.4, -0.2) is 15.5 Å². The van der Waals surface area contributed by atoms with E-state index in [-0.39, 0.29) is 5.91 Å². The van der Waals surface area contributed by atoms with Gasteiger partial charge in [-0.2, -0.15) is 0 Å². The van der Waals surface area contributed by atoms with Gasteiger partial charge in [-0.1, -0.05) is 24.3 Å². The molecule has 5 heteroatoms. The molecule has 4 rings (SSSR count). The molecule has 4 aromatic rings. The number of aromatic nitrogens is 2. The lowest BCUT2D eigenvalue weighted by Crippen LogP contribution is -2.26. The predicted octanol–water partition coefficient (Wildman–Crippen LogP) is 3.61. The van der Waals surface area contributed by atoms with Crippen molar-refractivity contribution < 1.29 is 9.21 Å². The Morgan fingerprint density at radius 2 is 2.04 bits per heavy atom. The zero-order chi connectivity index (χ0) is 17.1. The lowest BCUT2D eigenvalue weighted by Gasteiger charge is -2.08. The first-order valence-electron chi connectivity index (χ1n) is 8.08. The van der Waals surface area contributed by atoms with Gasteiger partial charge in [-0.25, -0.2) is 0 Å². The number of hydrogen-bond acceptors (Lipinski definition) is 3. The van der Waals surface area contributed by atoms with Gasteiger partial charge in [0.05, 0.1) is 18.2 Å². The number of carbonyl (C=O) groups is 1. The molecule has 0 radical (unpaired) electrons. The number of benzene rings is 1. The maximum absolute atomic E-state index is 12.2. The summed E-state index contributed by atoms with van der Waals surface area (Å²) in [6.07, 6.45) is 6.99. The largest absolute Gasteiger partial charge is 0.472 e. The Hall–Kier alpha value is -3.34. The minimum atomic E-state index is -0.0275. The highest BCUT2D eigenvalue weighted by Gasteiger charge is 2.06. The minimum absolute atomic E-state index is 0.0275. The zero-order valence-corrected chi connectivity index (χ0v) is 13.6. The van der Waals surface area contributed by atoms with Crippen LogP contribution in [0.15, 0.2) is 77.9 Å². The molecular weight excluding hydrogens is 314 g/mol. The van der Waals surface area contributed by atoms with Gasteiger partial charge in [0.25, 0.3) is 0 Å². The highest BCUT2D eigenvalue weighted by atomic mass is 16.3. The number of furan rings is 1. The highest BCUT2D eigenvalue weighted by Crippen LogP contribution is 2.17. The van der Waals surface area contributed by atoms with Crippen LogP contribution in [-0.2, 0) is 17.9 Å². The Labute approximate surface area is 144 Å². The fraction of sp³-hybridized carbons (Fsp3) is 0.100. The van der Waals surface area contributed by atoms with Crippen molar-refractivity contribution in [2.24, 2.45) is 0 Å². The van der Waals surface area contributed by atoms with Crippen LogP contribution >= 0.6 is 0 Å². The Morgan fingerprint density at radius 3 is 2.84 bits per heavy atom. The van der Waals surface area contributed by atoms with Crippen LogP contribution in [0.5, 0.6) is 0 Å². The van der Waals surface area contributed by atoms with Gasteiger partial charge in [-0.05, 0) is 35.2 Å². The van der Waals surface area contributed by atoms with Gasteiger partial charge in [0.15, 0.2) is 0 Å². The topological polar surface area (TPSA) is 60.1 Å². The maximum Gasteiger partial charge on any atom is 0.240 e. The number of carbonyl (C=O) groups excluding carboxylic acids is 1. The van der Waals surface area contributed by atoms with Crippen molar-refractivity contribution in [3.05, 3.63) is 79.0 Å². The van der Waals surface area contributed by atoms with Crippen molar-refractivity contribution in [3.8, 4) is 11.3 Å². The maximum atomic E-state index is 12.2. The molecule has 1 aromatic carbocycles. The molecule has 0 unspecified atom stereocenters. The number of rotatable bonds is 5. The first-order chi connectivity index (χ1) is 12.3. The van der Waals surface area contributed by atoms with E-state index in [1.165, 1.54) is 0 Å². The molecule has 1 N–H and O–H groups in total. The van der Waals surface area contributed by atoms with E-state index >= 15 is 0 Å². The molecule has 0 aliphatic rings. The van der Waals surface area contributed by atoms with Gasteiger partial charge in [0.2, 0.25) is 5.91 Å². The minimum Gasteiger partial charge on any atom is -0.472 e. The summed E-state index contributed by atoms with van der Waals surface area (Å²) in [5.74, 6) is -0.0275. The van der Waals surface area contributed by atoms with Crippen molar-refractivity contribution in [2.45, 2.75) is 13.1 Å². The van der Waals surface area contributed by atoms with Crippen LogP contribution in [0.4, 0.5) is 0 Å². The second kappa shape index (κ2) is 6.65. The predicted molar refractivity (Wildman–Crippen MR) is 95.7 cm³/mol. The third-order valence-electron chi connectivity index (χ3n) is 4.13. The van der Waals surface area contributed by atoms with Crippen LogP contribution in [0.1, 0.15) is 5.56 Å². The van der Waals surface area contributed by atoms with Gasteiger partial charge in [-0.15, -0.1) is 0 Å². The van der Waals surface area contributed by atoms with Crippen molar-refractivity contribution in [1.29, 1.82) is 0 Å². The van der Waals surface area contributed by atoms with Gasteiger partial charge in [0.1, 0.15) is 6.54 Å². The summed E-state index contributed by atoms with van der Waals surface area (Å²) in [6.45, 7) is 0.755. The molecule has 3 heterocycles. The summed E-state index contributed by atoms with van der Waals surface area (Å²) < 4.78 is 7.01. The van der Waals surface area contributed by atoms with E-state index in [2.05, 4.69) is 10.3 Å². The number of nitrogens with zero attached hydrogens (tertiary/aromatic N) is 2. The quantitative estimate of drug-likeness (QED) is 0.608. The highest BCUT2D eigenvalue weighted by molar-refractivity contribution is 5.83. The van der Waals surface area contributed by atoms with E-state index in [4.69, 9.17) is 4.42 Å². The van der Waals surface area contributed by atoms with Crippen LogP contribution in [0.25, 0.3) is 22.2 Å². The molecule has 0 atom stereocenters. The average Bonchev–Trinajstić information content (AvgIpc) is 3.31. The molecule has 0 aliphatic heterocycles. The monoisotopic (exact) mass is 331 g/mol. The molecule has 1 amide bonds. The Balaban J connectivity index is 1.37. The third kappa shape index (κ3) is 3.30. The molecule has 0 spiro atoms. The van der Waals surface area contributed by atoms with Crippen molar-refractivity contribution in [1.82, 2.24) is 14.9 Å². The fourth-order valence-electron chi connectivity index (χ4n) is 2.80. The molecule has 0 saturated carbocycles. The van der Waals surface area contributed by atoms with Gasteiger partial charge < -0.3 is 14.3 Å². The normalized spacial score (nSPS) is 10.9. The molecule has 124 valence electrons. The van der Waals surface area contributed by atoms with Gasteiger partial charge >= 0.3 is 0 Å². The molecule has 25 heavy (non-hydrogen) atoms. The first kappa shape index (κ1) is 15.2. The van der Waals surface area contributed by atoms with Crippen LogP contribution in [0.3, 0.4) is 0 Å². The Morgan fingerprint density at radius 1 is 1.12 bits per heavy atom. The van der Waals surface area contributed by atoms with E-state index in [0.29, 0.717) is 13.1 Å². The Kier molecular flexibility index (Phi) is 4.04. The smallest absolute Gasteiger partial charge is 0.240 e. The van der Waals surface area contributed by atoms with E-state index in [1.807, 2.05) is 59.3 Å². The lowest BCUT2D eigenvalue weighted by molar-refractivity contribution is -0.121. The van der Waals surface area contributed by atoms with Gasteiger partial charge in [0, 0.05) is 30.0 Å². The molecule has 0 aliphatic carbocycles. The summed E-state index contributed by atoms with van der Waals surface area (Å²) in [5, 5.41) is 4.07. The average molecular weight is 331 g/mol. The first-order valence-corrected chi connectivity index (χ1v) is 8.08. The number of pyridine rings is 1. The van der Waals surface area contributed by atoms with Crippen LogP contribution in [0.2, 0.25) is 0 Å². The third-order valence-corrected chi connectivity index (χ3v) is 4.13. The molecule has 3 aromatic heterocycles. The zero-order valence-electron chi connectivity index (χ0n) is 13.6. The molecular formula is C20H17N3O2. The molecule has 0 fully saturated rings. The molecule has 0 saturated heterocycles. The Bertz CT molecular complexity index is 985. The second-order valence-corrected chi connectivity index (χ2v) is 5.84. The summed E-state index contributed by atoms with van der Waals surface area (Å²) in [6, 6.07) is 15.8. The number of nitrogens with one attached hydrogen (secondary N) is 1. The van der Waals surface area contributed by atoms with Crippen LogP contribution < -0.4 is 5.32 Å². The van der Waals surface area contributed by atoms with Crippen molar-refractivity contribution in [3.63, 3.8) is 0 Å². The number of fused-ring (bicyclic) bond motifs is 1. The van der Waals surface area contributed by atoms with Crippen molar-refractivity contribution >= 4 is 16.8 Å². The van der Waals surface area contributed by atoms with Crippen molar-refractivity contribution in [2.75, 3.05) is 0 Å². The van der Waals surface area contributed by atoms with Crippen LogP contribution in [0, 0.1) is 0 Å². The molecule has 0 bridgehead atoms. The lowest BCUT2D eigenvalue weighted by atomic mass is 10.2. The summed E-state index contributed by atoms with van der Waals surface area (Å²) in [4.78, 5) is 16.6. The standard InChI is InChI=1S/C20H17N3O2/c24-20(13-23-9-7-16-3-1-2-4-19(16)23)22-12-15-5-6-18(21-11-15)17-8-10-25-14-17/h1-11,14H,12-13H2,(H,22,24). The fourth-order valence-corrected chi connectivity index (χ4v) is 2.80. The number of hydrogen-bond donors (Lipinski definition) is 1.